The van der Waals surface area contributed by atoms with Gasteiger partial charge in [0.15, 0.2) is 0 Å². The van der Waals surface area contributed by atoms with Gasteiger partial charge in [0.1, 0.15) is 11.4 Å². The van der Waals surface area contributed by atoms with Crippen molar-refractivity contribution in [3.63, 3.8) is 0 Å². The summed E-state index contributed by atoms with van der Waals surface area (Å²) >= 11 is 1.16. The molecule has 4 rings (SSSR count). The van der Waals surface area contributed by atoms with Crippen molar-refractivity contribution in [1.29, 1.82) is 0 Å². The summed E-state index contributed by atoms with van der Waals surface area (Å²) in [4.78, 5) is 14.5. The molecule has 8 heteroatoms. The molecule has 1 aromatic rings. The number of benzene rings is 1. The number of hydrogen-bond acceptors (Lipinski definition) is 5. The summed E-state index contributed by atoms with van der Waals surface area (Å²) in [6.45, 7) is 2.36. The molecule has 0 radical (unpaired) electrons. The number of nitrogens with one attached hydrogen (secondary N) is 1. The number of carbonyl (C=O) groups excluding carboxylic acids is 1. The first-order valence-corrected chi connectivity index (χ1v) is 8.43. The van der Waals surface area contributed by atoms with E-state index in [0.29, 0.717) is 24.4 Å². The number of fused-ring (bicyclic) bond motifs is 2. The van der Waals surface area contributed by atoms with Gasteiger partial charge >= 0.3 is 0 Å². The molecule has 3 unspecified atom stereocenters. The van der Waals surface area contributed by atoms with Gasteiger partial charge in [0.2, 0.25) is 5.91 Å². The lowest BCUT2D eigenvalue weighted by Crippen LogP contribution is -2.34. The summed E-state index contributed by atoms with van der Waals surface area (Å²) in [5, 5.41) is 2.97. The third-order valence-corrected chi connectivity index (χ3v) is 5.46. The van der Waals surface area contributed by atoms with Crippen LogP contribution in [0.15, 0.2) is 26.9 Å². The van der Waals surface area contributed by atoms with Crippen molar-refractivity contribution < 1.29 is 4.79 Å². The molecule has 3 atom stereocenters. The van der Waals surface area contributed by atoms with Gasteiger partial charge in [0, 0.05) is 19.1 Å². The molecule has 6 nitrogen and oxygen atoms in total. The fraction of sp³-hybridized carbons (Fsp3) is 0.533. The summed E-state index contributed by atoms with van der Waals surface area (Å²) < 4.78 is 8.44. The molecule has 1 saturated heterocycles. The van der Waals surface area contributed by atoms with Crippen LogP contribution in [0.25, 0.3) is 0 Å². The lowest BCUT2D eigenvalue weighted by molar-refractivity contribution is -0.117. The molecule has 1 amide bonds. The lowest BCUT2D eigenvalue weighted by atomic mass is 9.98. The Kier molecular flexibility index (Phi) is 4.82. The van der Waals surface area contributed by atoms with Crippen LogP contribution in [0.3, 0.4) is 0 Å². The number of rotatable bonds is 3. The molecule has 2 heterocycles. The van der Waals surface area contributed by atoms with E-state index in [1.807, 2.05) is 18.2 Å². The summed E-state index contributed by atoms with van der Waals surface area (Å²) in [5.41, 5.74) is 8.48. The second kappa shape index (κ2) is 6.68. The van der Waals surface area contributed by atoms with Crippen molar-refractivity contribution in [1.82, 2.24) is 4.90 Å². The lowest BCUT2D eigenvalue weighted by Gasteiger charge is -2.18. The van der Waals surface area contributed by atoms with E-state index in [-0.39, 0.29) is 18.3 Å². The number of nitrogens with zero attached hydrogens (tertiary/aromatic N) is 3. The Morgan fingerprint density at radius 1 is 1.35 bits per heavy atom. The Labute approximate surface area is 145 Å². The first-order valence-electron chi connectivity index (χ1n) is 7.70. The molecule has 1 saturated carbocycles. The van der Waals surface area contributed by atoms with Crippen LogP contribution in [0.4, 0.5) is 17.1 Å². The van der Waals surface area contributed by atoms with Gasteiger partial charge in [0.25, 0.3) is 0 Å². The van der Waals surface area contributed by atoms with Gasteiger partial charge in [-0.05, 0) is 36.8 Å². The maximum atomic E-state index is 12.3. The van der Waals surface area contributed by atoms with Crippen LogP contribution in [0.5, 0.6) is 0 Å². The van der Waals surface area contributed by atoms with E-state index in [1.54, 1.807) is 0 Å². The predicted molar refractivity (Wildman–Crippen MR) is 94.5 cm³/mol. The van der Waals surface area contributed by atoms with E-state index < -0.39 is 0 Å². The average molecular weight is 354 g/mol. The number of anilines is 1. The molecule has 124 valence electrons. The maximum Gasteiger partial charge on any atom is 0.238 e. The van der Waals surface area contributed by atoms with Crippen molar-refractivity contribution in [3.8, 4) is 0 Å². The van der Waals surface area contributed by atoms with E-state index >= 15 is 0 Å². The summed E-state index contributed by atoms with van der Waals surface area (Å²) in [5.74, 6) is 1.25. The van der Waals surface area contributed by atoms with Crippen LogP contribution in [-0.2, 0) is 16.1 Å². The Hall–Kier alpha value is -1.28. The first kappa shape index (κ1) is 16.6. The molecule has 2 aliphatic heterocycles. The Morgan fingerprint density at radius 2 is 2.22 bits per heavy atom. The van der Waals surface area contributed by atoms with Gasteiger partial charge in [-0.1, -0.05) is 6.07 Å². The molecule has 3 N–H and O–H groups in total. The third-order valence-electron chi connectivity index (χ3n) is 4.92. The summed E-state index contributed by atoms with van der Waals surface area (Å²) in [6.07, 6.45) is 2.34. The van der Waals surface area contributed by atoms with Crippen LogP contribution in [0.2, 0.25) is 0 Å². The largest absolute Gasteiger partial charge is 0.327 e. The molecule has 0 spiro atoms. The molecule has 0 aromatic heterocycles. The molecule has 1 aliphatic carbocycles. The second-order valence-electron chi connectivity index (χ2n) is 6.34. The highest BCUT2D eigenvalue weighted by Gasteiger charge is 2.41. The van der Waals surface area contributed by atoms with Crippen LogP contribution in [-0.4, -0.2) is 36.5 Å². The van der Waals surface area contributed by atoms with Crippen molar-refractivity contribution in [2.24, 2.45) is 26.3 Å². The van der Waals surface area contributed by atoms with Crippen molar-refractivity contribution in [2.75, 3.05) is 25.0 Å². The fourth-order valence-electron chi connectivity index (χ4n) is 3.83. The van der Waals surface area contributed by atoms with Gasteiger partial charge in [-0.2, -0.15) is 8.73 Å². The highest BCUT2D eigenvalue weighted by atomic mass is 35.5. The highest BCUT2D eigenvalue weighted by molar-refractivity contribution is 7.58. The number of carbonyl (C=O) groups is 1. The number of nitrogens with two attached hydrogens (primary N) is 1. The first-order chi connectivity index (χ1) is 10.7. The molecule has 1 aromatic carbocycles. The minimum atomic E-state index is 0. The zero-order valence-corrected chi connectivity index (χ0v) is 14.3. The van der Waals surface area contributed by atoms with Crippen molar-refractivity contribution in [3.05, 3.63) is 18.2 Å². The number of hydrogen-bond donors (Lipinski definition) is 2. The Morgan fingerprint density at radius 3 is 3.04 bits per heavy atom. The van der Waals surface area contributed by atoms with Gasteiger partial charge in [-0.25, -0.2) is 0 Å². The van der Waals surface area contributed by atoms with E-state index in [1.165, 1.54) is 6.42 Å². The third kappa shape index (κ3) is 3.19. The zero-order valence-electron chi connectivity index (χ0n) is 12.6. The SMILES string of the molecule is Cl.NC1CCC2CN(CC(=O)Nc3cccc4c3N=S=N4)CC12. The van der Waals surface area contributed by atoms with E-state index in [9.17, 15) is 4.79 Å². The van der Waals surface area contributed by atoms with Gasteiger partial charge in [0.05, 0.1) is 23.6 Å². The molecule has 3 aliphatic rings. The topological polar surface area (TPSA) is 83.1 Å². The molecule has 23 heavy (non-hydrogen) atoms. The molecule has 0 bridgehead atoms. The molecule has 2 fully saturated rings. The number of amides is 1. The molecular formula is C15H20ClN5OS. The highest BCUT2D eigenvalue weighted by Crippen LogP contribution is 2.39. The smallest absolute Gasteiger partial charge is 0.238 e. The van der Waals surface area contributed by atoms with E-state index in [0.717, 1.165) is 47.9 Å². The quantitative estimate of drug-likeness (QED) is 0.889. The minimum absolute atomic E-state index is 0. The second-order valence-corrected chi connectivity index (χ2v) is 6.87. The van der Waals surface area contributed by atoms with Gasteiger partial charge in [-0.3, -0.25) is 9.69 Å². The zero-order chi connectivity index (χ0) is 15.1. The number of likely N-dealkylation sites (tertiary alicyclic amines) is 1. The van der Waals surface area contributed by atoms with Gasteiger partial charge < -0.3 is 11.1 Å². The standard InChI is InChI=1S/C15H19N5OS.ClH/c16-11-5-4-9-6-20(7-10(9)11)8-14(21)17-12-2-1-3-13-15(12)19-22-18-13;/h1-3,9-11H,4-8,16H2,(H,17,21);1H. The monoisotopic (exact) mass is 353 g/mol. The van der Waals surface area contributed by atoms with Crippen molar-refractivity contribution in [2.45, 2.75) is 18.9 Å². The maximum absolute atomic E-state index is 12.3. The van der Waals surface area contributed by atoms with Crippen LogP contribution >= 0.6 is 12.4 Å². The Balaban J connectivity index is 0.00000156. The predicted octanol–water partition coefficient (Wildman–Crippen LogP) is 2.44. The normalized spacial score (nSPS) is 28.0. The minimum Gasteiger partial charge on any atom is -0.327 e. The summed E-state index contributed by atoms with van der Waals surface area (Å²) in [7, 11) is 0. The average Bonchev–Trinajstić information content (AvgIpc) is 3.17. The van der Waals surface area contributed by atoms with Crippen LogP contribution in [0.1, 0.15) is 12.8 Å². The molecular weight excluding hydrogens is 334 g/mol. The van der Waals surface area contributed by atoms with E-state index in [2.05, 4.69) is 18.9 Å². The summed E-state index contributed by atoms with van der Waals surface area (Å²) in [6, 6.07) is 5.97. The van der Waals surface area contributed by atoms with Crippen LogP contribution < -0.4 is 11.1 Å². The number of halogens is 1. The van der Waals surface area contributed by atoms with Crippen LogP contribution in [0, 0.1) is 11.8 Å². The fourth-order valence-corrected chi connectivity index (χ4v) is 4.38. The Bertz CT molecular complexity index is 690. The van der Waals surface area contributed by atoms with Gasteiger partial charge in [-0.15, -0.1) is 12.4 Å². The van der Waals surface area contributed by atoms with Crippen molar-refractivity contribution >= 4 is 46.7 Å². The van der Waals surface area contributed by atoms with E-state index in [4.69, 9.17) is 5.73 Å².